The maximum atomic E-state index is 13.2. The third-order valence-electron chi connectivity index (χ3n) is 6.00. The van der Waals surface area contributed by atoms with Crippen molar-refractivity contribution in [2.24, 2.45) is 0 Å². The summed E-state index contributed by atoms with van der Waals surface area (Å²) in [5.74, 6) is 0.741. The molecule has 0 bridgehead atoms. The molecule has 0 unspecified atom stereocenters. The van der Waals surface area contributed by atoms with E-state index in [0.29, 0.717) is 47.9 Å². The lowest BCUT2D eigenvalue weighted by Gasteiger charge is -2.29. The minimum atomic E-state index is -0.415. The molecule has 5 rings (SSSR count). The second-order valence-corrected chi connectivity index (χ2v) is 8.77. The Bertz CT molecular complexity index is 1460. The SMILES string of the molecule is CCOC(=O)c1ccc(Oc2coc3c4c(ccc3c2=O)OCN(CCc2ccccc2Cl)C4)cc1. The number of esters is 1. The minimum absolute atomic E-state index is 0.0543. The van der Waals surface area contributed by atoms with Crippen molar-refractivity contribution in [3.63, 3.8) is 0 Å². The summed E-state index contributed by atoms with van der Waals surface area (Å²) in [5.41, 5.74) is 2.49. The van der Waals surface area contributed by atoms with Gasteiger partial charge in [-0.2, -0.15) is 0 Å². The Balaban J connectivity index is 1.35. The predicted molar refractivity (Wildman–Crippen MR) is 136 cm³/mol. The number of carbonyl (C=O) groups is 1. The number of fused-ring (bicyclic) bond motifs is 3. The number of nitrogens with zero attached hydrogens (tertiary/aromatic N) is 1. The fourth-order valence-electron chi connectivity index (χ4n) is 4.13. The number of benzene rings is 3. The quantitative estimate of drug-likeness (QED) is 0.293. The number of carbonyl (C=O) groups excluding carboxylic acids is 1. The second kappa shape index (κ2) is 10.4. The molecule has 36 heavy (non-hydrogen) atoms. The second-order valence-electron chi connectivity index (χ2n) is 8.36. The van der Waals surface area contributed by atoms with Gasteiger partial charge in [0.25, 0.3) is 0 Å². The first-order chi connectivity index (χ1) is 17.5. The van der Waals surface area contributed by atoms with Crippen LogP contribution in [0.5, 0.6) is 17.2 Å². The minimum Gasteiger partial charge on any atom is -0.478 e. The molecule has 0 fully saturated rings. The molecular weight excluding hydrogens is 482 g/mol. The van der Waals surface area contributed by atoms with Gasteiger partial charge in [0.2, 0.25) is 11.2 Å². The molecule has 1 aliphatic heterocycles. The topological polar surface area (TPSA) is 78.2 Å². The van der Waals surface area contributed by atoms with Crippen LogP contribution in [0, 0.1) is 0 Å². The first-order valence-corrected chi connectivity index (χ1v) is 12.0. The number of hydrogen-bond acceptors (Lipinski definition) is 7. The van der Waals surface area contributed by atoms with Gasteiger partial charge in [-0.3, -0.25) is 9.69 Å². The van der Waals surface area contributed by atoms with Gasteiger partial charge in [-0.25, -0.2) is 4.79 Å². The third kappa shape index (κ3) is 4.94. The van der Waals surface area contributed by atoms with Gasteiger partial charge >= 0.3 is 5.97 Å². The van der Waals surface area contributed by atoms with Gasteiger partial charge in [0.05, 0.1) is 23.1 Å². The van der Waals surface area contributed by atoms with Crippen molar-refractivity contribution in [2.75, 3.05) is 19.9 Å². The van der Waals surface area contributed by atoms with Gasteiger partial charge in [0.15, 0.2) is 0 Å². The largest absolute Gasteiger partial charge is 0.478 e. The van der Waals surface area contributed by atoms with Crippen molar-refractivity contribution in [3.05, 3.63) is 98.9 Å². The zero-order chi connectivity index (χ0) is 25.1. The van der Waals surface area contributed by atoms with Gasteiger partial charge in [0, 0.05) is 18.1 Å². The number of ether oxygens (including phenoxy) is 3. The highest BCUT2D eigenvalue weighted by Crippen LogP contribution is 2.33. The Hall–Kier alpha value is -3.81. The summed E-state index contributed by atoms with van der Waals surface area (Å²) < 4.78 is 22.6. The summed E-state index contributed by atoms with van der Waals surface area (Å²) in [4.78, 5) is 27.2. The first-order valence-electron chi connectivity index (χ1n) is 11.6. The predicted octanol–water partition coefficient (Wildman–Crippen LogP) is 5.81. The molecule has 4 aromatic rings. The van der Waals surface area contributed by atoms with E-state index in [4.69, 9.17) is 30.2 Å². The summed E-state index contributed by atoms with van der Waals surface area (Å²) >= 11 is 6.29. The molecule has 7 nitrogen and oxygen atoms in total. The molecule has 1 aliphatic rings. The van der Waals surface area contributed by atoms with Crippen molar-refractivity contribution in [2.45, 2.75) is 19.9 Å². The van der Waals surface area contributed by atoms with Crippen LogP contribution < -0.4 is 14.9 Å². The number of rotatable bonds is 7. The maximum absolute atomic E-state index is 13.2. The molecule has 0 spiro atoms. The van der Waals surface area contributed by atoms with Gasteiger partial charge in [-0.05, 0) is 61.4 Å². The lowest BCUT2D eigenvalue weighted by molar-refractivity contribution is 0.0526. The number of hydrogen-bond donors (Lipinski definition) is 0. The van der Waals surface area contributed by atoms with E-state index in [0.717, 1.165) is 29.1 Å². The van der Waals surface area contributed by atoms with E-state index < -0.39 is 5.97 Å². The van der Waals surface area contributed by atoms with E-state index in [-0.39, 0.29) is 11.2 Å². The lowest BCUT2D eigenvalue weighted by atomic mass is 10.1. The molecule has 0 radical (unpaired) electrons. The molecule has 0 saturated carbocycles. The molecule has 1 aromatic heterocycles. The first kappa shape index (κ1) is 23.9. The van der Waals surface area contributed by atoms with Crippen molar-refractivity contribution < 1.29 is 23.4 Å². The van der Waals surface area contributed by atoms with Crippen molar-refractivity contribution in [1.29, 1.82) is 0 Å². The Morgan fingerprint density at radius 2 is 1.89 bits per heavy atom. The van der Waals surface area contributed by atoms with Crippen LogP contribution in [0.2, 0.25) is 5.02 Å². The van der Waals surface area contributed by atoms with Crippen LogP contribution in [0.3, 0.4) is 0 Å². The van der Waals surface area contributed by atoms with E-state index in [1.165, 1.54) is 6.26 Å². The van der Waals surface area contributed by atoms with E-state index in [2.05, 4.69) is 4.90 Å². The van der Waals surface area contributed by atoms with E-state index in [9.17, 15) is 9.59 Å². The Kier molecular flexibility index (Phi) is 6.93. The standard InChI is InChI=1S/C28H24ClNO6/c1-2-33-28(32)19-7-9-20(10-8-19)36-25-16-34-27-21(26(25)31)11-12-24-22(27)15-30(17-35-24)14-13-18-5-3-4-6-23(18)29/h3-12,16H,2,13-15,17H2,1H3. The Morgan fingerprint density at radius 3 is 2.67 bits per heavy atom. The summed E-state index contributed by atoms with van der Waals surface area (Å²) in [7, 11) is 0. The maximum Gasteiger partial charge on any atom is 0.338 e. The van der Waals surface area contributed by atoms with Crippen LogP contribution in [0.1, 0.15) is 28.4 Å². The molecule has 0 N–H and O–H groups in total. The van der Waals surface area contributed by atoms with Crippen LogP contribution in [0.15, 0.2) is 76.1 Å². The van der Waals surface area contributed by atoms with E-state index in [1.54, 1.807) is 43.3 Å². The Morgan fingerprint density at radius 1 is 1.08 bits per heavy atom. The van der Waals surface area contributed by atoms with Crippen LogP contribution in [-0.2, 0) is 17.7 Å². The van der Waals surface area contributed by atoms with Gasteiger partial charge in [-0.15, -0.1) is 0 Å². The molecule has 0 amide bonds. The highest BCUT2D eigenvalue weighted by atomic mass is 35.5. The van der Waals surface area contributed by atoms with Gasteiger partial charge in [0.1, 0.15) is 30.1 Å². The van der Waals surface area contributed by atoms with Crippen LogP contribution >= 0.6 is 11.6 Å². The molecule has 0 atom stereocenters. The van der Waals surface area contributed by atoms with Crippen molar-refractivity contribution in [3.8, 4) is 17.2 Å². The fraction of sp³-hybridized carbons (Fsp3) is 0.214. The average molecular weight is 506 g/mol. The molecule has 3 aromatic carbocycles. The van der Waals surface area contributed by atoms with Crippen LogP contribution in [-0.4, -0.2) is 30.8 Å². The fourth-order valence-corrected chi connectivity index (χ4v) is 4.36. The van der Waals surface area contributed by atoms with Crippen molar-refractivity contribution in [1.82, 2.24) is 4.90 Å². The van der Waals surface area contributed by atoms with E-state index >= 15 is 0 Å². The highest BCUT2D eigenvalue weighted by molar-refractivity contribution is 6.31. The van der Waals surface area contributed by atoms with Crippen LogP contribution in [0.25, 0.3) is 11.0 Å². The smallest absolute Gasteiger partial charge is 0.338 e. The average Bonchev–Trinajstić information content (AvgIpc) is 2.90. The molecule has 184 valence electrons. The molecule has 2 heterocycles. The molecular formula is C28H24ClNO6. The van der Waals surface area contributed by atoms with Crippen LogP contribution in [0.4, 0.5) is 0 Å². The third-order valence-corrected chi connectivity index (χ3v) is 6.37. The van der Waals surface area contributed by atoms with E-state index in [1.807, 2.05) is 24.3 Å². The zero-order valence-electron chi connectivity index (χ0n) is 19.7. The lowest BCUT2D eigenvalue weighted by Crippen LogP contribution is -2.33. The zero-order valence-corrected chi connectivity index (χ0v) is 20.4. The normalized spacial score (nSPS) is 13.2. The molecule has 0 aliphatic carbocycles. The molecule has 8 heteroatoms. The molecule has 0 saturated heterocycles. The van der Waals surface area contributed by atoms with Gasteiger partial charge < -0.3 is 18.6 Å². The highest BCUT2D eigenvalue weighted by Gasteiger charge is 2.23. The Labute approximate surface area is 212 Å². The summed E-state index contributed by atoms with van der Waals surface area (Å²) in [5, 5.41) is 1.15. The summed E-state index contributed by atoms with van der Waals surface area (Å²) in [6.45, 7) is 3.80. The number of halogens is 1. The summed E-state index contributed by atoms with van der Waals surface area (Å²) in [6.07, 6.45) is 2.09. The van der Waals surface area contributed by atoms with Gasteiger partial charge in [-0.1, -0.05) is 29.8 Å². The van der Waals surface area contributed by atoms with Crippen molar-refractivity contribution >= 4 is 28.5 Å². The summed E-state index contributed by atoms with van der Waals surface area (Å²) in [6, 6.07) is 17.6. The monoisotopic (exact) mass is 505 g/mol.